The second kappa shape index (κ2) is 10.2. The number of hydrogen-bond acceptors (Lipinski definition) is 6. The average Bonchev–Trinajstić information content (AvgIpc) is 3.49. The molecule has 0 bridgehead atoms. The maximum absolute atomic E-state index is 12.9. The third-order valence-electron chi connectivity index (χ3n) is 6.52. The van der Waals surface area contributed by atoms with E-state index in [0.29, 0.717) is 5.75 Å². The van der Waals surface area contributed by atoms with E-state index in [4.69, 9.17) is 4.74 Å². The molecule has 2 aliphatic heterocycles. The Morgan fingerprint density at radius 1 is 1.09 bits per heavy atom. The van der Waals surface area contributed by atoms with E-state index in [2.05, 4.69) is 69.9 Å². The van der Waals surface area contributed by atoms with Gasteiger partial charge in [0.1, 0.15) is 5.75 Å². The van der Waals surface area contributed by atoms with Crippen LogP contribution in [0.15, 0.2) is 47.6 Å². The van der Waals surface area contributed by atoms with Crippen LogP contribution >= 0.6 is 11.8 Å². The number of hydrogen-bond donors (Lipinski definition) is 0. The molecule has 1 saturated heterocycles. The molecule has 1 aromatic heterocycles. The summed E-state index contributed by atoms with van der Waals surface area (Å²) >= 11 is 1.48. The smallest absolute Gasteiger partial charge is 0.233 e. The number of aryl methyl sites for hydroxylation is 1. The van der Waals surface area contributed by atoms with Crippen LogP contribution in [0.4, 0.5) is 0 Å². The van der Waals surface area contributed by atoms with Gasteiger partial charge in [-0.1, -0.05) is 47.7 Å². The van der Waals surface area contributed by atoms with E-state index in [-0.39, 0.29) is 5.91 Å². The number of piperazine rings is 1. The van der Waals surface area contributed by atoms with Crippen molar-refractivity contribution in [1.29, 1.82) is 0 Å². The summed E-state index contributed by atoms with van der Waals surface area (Å²) in [6.45, 7) is 9.96. The summed E-state index contributed by atoms with van der Waals surface area (Å²) in [7, 11) is 0. The number of thioether (sulfide) groups is 1. The minimum atomic E-state index is 0.169. The first-order valence-corrected chi connectivity index (χ1v) is 13.0. The van der Waals surface area contributed by atoms with Gasteiger partial charge in [0.05, 0.1) is 12.4 Å². The fourth-order valence-electron chi connectivity index (χ4n) is 4.65. The average molecular weight is 478 g/mol. The summed E-state index contributed by atoms with van der Waals surface area (Å²) in [5.41, 5.74) is 4.88. The van der Waals surface area contributed by atoms with Gasteiger partial charge in [-0.05, 0) is 37.1 Å². The molecule has 7 nitrogen and oxygen atoms in total. The molecule has 34 heavy (non-hydrogen) atoms. The number of amides is 1. The molecular formula is C26H31N5O2S. The third-order valence-corrected chi connectivity index (χ3v) is 7.47. The van der Waals surface area contributed by atoms with E-state index in [1.165, 1.54) is 28.5 Å². The number of nitrogens with zero attached hydrogens (tertiary/aromatic N) is 5. The van der Waals surface area contributed by atoms with E-state index >= 15 is 0 Å². The van der Waals surface area contributed by atoms with Crippen LogP contribution in [0.25, 0.3) is 11.4 Å². The van der Waals surface area contributed by atoms with Crippen LogP contribution in [0.1, 0.15) is 23.6 Å². The summed E-state index contributed by atoms with van der Waals surface area (Å²) in [5.74, 6) is 2.44. The van der Waals surface area contributed by atoms with Crippen molar-refractivity contribution in [2.24, 2.45) is 0 Å². The van der Waals surface area contributed by atoms with E-state index in [1.807, 2.05) is 11.0 Å². The molecule has 0 radical (unpaired) electrons. The van der Waals surface area contributed by atoms with Crippen molar-refractivity contribution in [2.45, 2.75) is 38.5 Å². The molecule has 0 atom stereocenters. The van der Waals surface area contributed by atoms with Crippen molar-refractivity contribution in [1.82, 2.24) is 24.6 Å². The highest BCUT2D eigenvalue weighted by molar-refractivity contribution is 7.99. The summed E-state index contributed by atoms with van der Waals surface area (Å²) in [6.07, 6.45) is 1.00. The van der Waals surface area contributed by atoms with Gasteiger partial charge in [0.15, 0.2) is 11.0 Å². The van der Waals surface area contributed by atoms with Crippen LogP contribution in [0, 0.1) is 6.92 Å². The lowest BCUT2D eigenvalue weighted by Crippen LogP contribution is -2.48. The van der Waals surface area contributed by atoms with Crippen LogP contribution < -0.4 is 4.74 Å². The highest BCUT2D eigenvalue weighted by Gasteiger charge is 2.23. The minimum Gasteiger partial charge on any atom is -0.493 e. The standard InChI is InChI=1S/C26H31N5O2S/c1-3-31-25(22-6-4-5-19(2)15-22)27-28-26(31)34-18-24(32)30-12-10-29(11-13-30)17-20-7-8-23-21(16-20)9-14-33-23/h4-8,15-16H,3,9-14,17-18H2,1-2H3. The van der Waals surface area contributed by atoms with Crippen LogP contribution in [0.3, 0.4) is 0 Å². The lowest BCUT2D eigenvalue weighted by molar-refractivity contribution is -0.130. The monoisotopic (exact) mass is 477 g/mol. The van der Waals surface area contributed by atoms with Gasteiger partial charge < -0.3 is 14.2 Å². The highest BCUT2D eigenvalue weighted by Crippen LogP contribution is 2.27. The molecule has 0 unspecified atom stereocenters. The molecule has 1 fully saturated rings. The van der Waals surface area contributed by atoms with Crippen molar-refractivity contribution in [3.63, 3.8) is 0 Å². The molecule has 2 aromatic carbocycles. The SMILES string of the molecule is CCn1c(SCC(=O)N2CCN(Cc3ccc4c(c3)CCO4)CC2)nnc1-c1cccc(C)c1. The van der Waals surface area contributed by atoms with Crippen molar-refractivity contribution >= 4 is 17.7 Å². The molecule has 3 aromatic rings. The van der Waals surface area contributed by atoms with Crippen molar-refractivity contribution < 1.29 is 9.53 Å². The van der Waals surface area contributed by atoms with Crippen LogP contribution in [-0.4, -0.2) is 69.0 Å². The number of benzene rings is 2. The first-order chi connectivity index (χ1) is 16.6. The van der Waals surface area contributed by atoms with Crippen LogP contribution in [0.2, 0.25) is 0 Å². The first kappa shape index (κ1) is 22.9. The van der Waals surface area contributed by atoms with E-state index < -0.39 is 0 Å². The van der Waals surface area contributed by atoms with Gasteiger partial charge in [0.25, 0.3) is 0 Å². The van der Waals surface area contributed by atoms with Gasteiger partial charge in [-0.2, -0.15) is 0 Å². The molecule has 3 heterocycles. The van der Waals surface area contributed by atoms with Gasteiger partial charge in [0, 0.05) is 51.3 Å². The zero-order chi connectivity index (χ0) is 23.5. The highest BCUT2D eigenvalue weighted by atomic mass is 32.2. The topological polar surface area (TPSA) is 63.5 Å². The zero-order valence-corrected chi connectivity index (χ0v) is 20.7. The van der Waals surface area contributed by atoms with Crippen molar-refractivity contribution in [2.75, 3.05) is 38.5 Å². The summed E-state index contributed by atoms with van der Waals surface area (Å²) < 4.78 is 7.70. The third kappa shape index (κ3) is 4.98. The number of carbonyl (C=O) groups is 1. The molecule has 8 heteroatoms. The number of fused-ring (bicyclic) bond motifs is 1. The first-order valence-electron chi connectivity index (χ1n) is 12.0. The molecule has 0 spiro atoms. The van der Waals surface area contributed by atoms with Gasteiger partial charge in [-0.15, -0.1) is 10.2 Å². The lowest BCUT2D eigenvalue weighted by atomic mass is 10.1. The molecule has 2 aliphatic rings. The maximum Gasteiger partial charge on any atom is 0.233 e. The zero-order valence-electron chi connectivity index (χ0n) is 19.9. The Balaban J connectivity index is 1.13. The summed E-state index contributed by atoms with van der Waals surface area (Å²) in [4.78, 5) is 17.3. The van der Waals surface area contributed by atoms with E-state index in [9.17, 15) is 4.79 Å². The van der Waals surface area contributed by atoms with Crippen molar-refractivity contribution in [3.05, 3.63) is 59.2 Å². The fraction of sp³-hybridized carbons (Fsp3) is 0.423. The molecule has 0 saturated carbocycles. The predicted molar refractivity (Wildman–Crippen MR) is 134 cm³/mol. The van der Waals surface area contributed by atoms with Crippen LogP contribution in [0.5, 0.6) is 5.75 Å². The molecule has 178 valence electrons. The quantitative estimate of drug-likeness (QED) is 0.484. The Kier molecular flexibility index (Phi) is 6.87. The maximum atomic E-state index is 12.9. The largest absolute Gasteiger partial charge is 0.493 e. The molecule has 0 N–H and O–H groups in total. The Hall–Kier alpha value is -2.84. The second-order valence-electron chi connectivity index (χ2n) is 8.91. The second-order valence-corrected chi connectivity index (χ2v) is 9.85. The van der Waals surface area contributed by atoms with Gasteiger partial charge in [-0.25, -0.2) is 0 Å². The van der Waals surface area contributed by atoms with Gasteiger partial charge in [-0.3, -0.25) is 9.69 Å². The lowest BCUT2D eigenvalue weighted by Gasteiger charge is -2.34. The Morgan fingerprint density at radius 2 is 1.94 bits per heavy atom. The molecular weight excluding hydrogens is 446 g/mol. The number of carbonyl (C=O) groups excluding carboxylic acids is 1. The van der Waals surface area contributed by atoms with Crippen molar-refractivity contribution in [3.8, 4) is 17.1 Å². The number of ether oxygens (including phenoxy) is 1. The molecule has 1 amide bonds. The van der Waals surface area contributed by atoms with E-state index in [0.717, 1.165) is 74.6 Å². The molecule has 5 rings (SSSR count). The van der Waals surface area contributed by atoms with Gasteiger partial charge >= 0.3 is 0 Å². The summed E-state index contributed by atoms with van der Waals surface area (Å²) in [5, 5.41) is 9.59. The van der Waals surface area contributed by atoms with Gasteiger partial charge in [0.2, 0.25) is 5.91 Å². The number of aromatic nitrogens is 3. The minimum absolute atomic E-state index is 0.169. The Labute approximate surface area is 205 Å². The van der Waals surface area contributed by atoms with Crippen LogP contribution in [-0.2, 0) is 24.3 Å². The summed E-state index contributed by atoms with van der Waals surface area (Å²) in [6, 6.07) is 14.8. The number of rotatable bonds is 7. The van der Waals surface area contributed by atoms with E-state index in [1.54, 1.807) is 0 Å². The molecule has 0 aliphatic carbocycles. The Morgan fingerprint density at radius 3 is 2.74 bits per heavy atom. The Bertz CT molecular complexity index is 1170. The normalized spacial score (nSPS) is 15.9. The predicted octanol–water partition coefficient (Wildman–Crippen LogP) is 3.64. The fourth-order valence-corrected chi connectivity index (χ4v) is 5.55.